The van der Waals surface area contributed by atoms with Gasteiger partial charge in [0.25, 0.3) is 5.91 Å². The van der Waals surface area contributed by atoms with E-state index in [1.807, 2.05) is 18.2 Å². The van der Waals surface area contributed by atoms with Crippen molar-refractivity contribution in [2.45, 2.75) is 6.61 Å². The van der Waals surface area contributed by atoms with Crippen LogP contribution in [-0.4, -0.2) is 28.8 Å². The van der Waals surface area contributed by atoms with Crippen molar-refractivity contribution in [1.29, 1.82) is 5.41 Å². The third-order valence-corrected chi connectivity index (χ3v) is 4.37. The first-order valence-electron chi connectivity index (χ1n) is 7.78. The molecule has 0 unspecified atom stereocenters. The summed E-state index contributed by atoms with van der Waals surface area (Å²) in [6.07, 6.45) is 0. The lowest BCUT2D eigenvalue weighted by Gasteiger charge is -2.13. The molecule has 0 aliphatic rings. The zero-order valence-corrected chi connectivity index (χ0v) is 14.8. The fourth-order valence-corrected chi connectivity index (χ4v) is 2.72. The number of nitrogens with two attached hydrogens (primary N) is 2. The quantitative estimate of drug-likeness (QED) is 0.320. The largest absolute Gasteiger partial charge is 0.487 e. The third kappa shape index (κ3) is 3.29. The SMILES string of the molecule is CN(C(=N)N)C(=O)c1cc2c(Cl)ccc(OCc3ccccc3N)c2[nH]1. The molecule has 3 rings (SSSR count). The molecule has 1 heterocycles. The van der Waals surface area contributed by atoms with Gasteiger partial charge in [0.1, 0.15) is 18.1 Å². The van der Waals surface area contributed by atoms with Gasteiger partial charge in [0.05, 0.1) is 10.5 Å². The Hall–Kier alpha value is -3.19. The van der Waals surface area contributed by atoms with E-state index in [-0.39, 0.29) is 18.3 Å². The van der Waals surface area contributed by atoms with Crippen molar-refractivity contribution < 1.29 is 9.53 Å². The molecular weight excluding hydrogens is 354 g/mol. The first-order chi connectivity index (χ1) is 12.4. The van der Waals surface area contributed by atoms with E-state index in [9.17, 15) is 4.79 Å². The van der Waals surface area contributed by atoms with Gasteiger partial charge >= 0.3 is 0 Å². The molecule has 0 fully saturated rings. The van der Waals surface area contributed by atoms with Crippen LogP contribution in [0.15, 0.2) is 42.5 Å². The molecule has 1 amide bonds. The van der Waals surface area contributed by atoms with Crippen LogP contribution in [0, 0.1) is 5.41 Å². The minimum Gasteiger partial charge on any atom is -0.487 e. The summed E-state index contributed by atoms with van der Waals surface area (Å²) in [4.78, 5) is 16.4. The summed E-state index contributed by atoms with van der Waals surface area (Å²) in [6.45, 7) is 0.277. The molecule has 0 radical (unpaired) electrons. The summed E-state index contributed by atoms with van der Waals surface area (Å²) in [7, 11) is 1.42. The summed E-state index contributed by atoms with van der Waals surface area (Å²) < 4.78 is 5.88. The van der Waals surface area contributed by atoms with Crippen LogP contribution in [0.4, 0.5) is 5.69 Å². The van der Waals surface area contributed by atoms with E-state index in [0.29, 0.717) is 27.4 Å². The number of guanidine groups is 1. The molecule has 0 aliphatic carbocycles. The van der Waals surface area contributed by atoms with E-state index < -0.39 is 5.91 Å². The van der Waals surface area contributed by atoms with Crippen molar-refractivity contribution in [3.05, 3.63) is 58.7 Å². The Kier molecular flexibility index (Phi) is 4.73. The minimum absolute atomic E-state index is 0.259. The van der Waals surface area contributed by atoms with Crippen LogP contribution in [0.5, 0.6) is 5.75 Å². The lowest BCUT2D eigenvalue weighted by molar-refractivity contribution is 0.0864. The number of para-hydroxylation sites is 1. The Morgan fingerprint density at radius 3 is 2.73 bits per heavy atom. The second-order valence-corrected chi connectivity index (χ2v) is 6.16. The van der Waals surface area contributed by atoms with Crippen LogP contribution < -0.4 is 16.2 Å². The number of aromatic amines is 1. The number of nitrogens with zero attached hydrogens (tertiary/aromatic N) is 1. The lowest BCUT2D eigenvalue weighted by Crippen LogP contribution is -2.38. The van der Waals surface area contributed by atoms with Crippen molar-refractivity contribution in [2.75, 3.05) is 12.8 Å². The number of ether oxygens (including phenoxy) is 1. The monoisotopic (exact) mass is 371 g/mol. The average Bonchev–Trinajstić information content (AvgIpc) is 3.07. The van der Waals surface area contributed by atoms with Gasteiger partial charge in [-0.05, 0) is 24.3 Å². The van der Waals surface area contributed by atoms with Gasteiger partial charge in [0.2, 0.25) is 0 Å². The summed E-state index contributed by atoms with van der Waals surface area (Å²) >= 11 is 6.24. The second kappa shape index (κ2) is 6.97. The number of hydrogen-bond acceptors (Lipinski definition) is 4. The van der Waals surface area contributed by atoms with E-state index in [0.717, 1.165) is 10.5 Å². The predicted octanol–water partition coefficient (Wildman–Crippen LogP) is 2.95. The van der Waals surface area contributed by atoms with Gasteiger partial charge in [-0.25, -0.2) is 0 Å². The van der Waals surface area contributed by atoms with Gasteiger partial charge in [0, 0.05) is 23.7 Å². The number of H-pyrrole nitrogens is 1. The molecule has 0 atom stereocenters. The van der Waals surface area contributed by atoms with Crippen molar-refractivity contribution in [2.24, 2.45) is 5.73 Å². The number of carbonyl (C=O) groups excluding carboxylic acids is 1. The molecule has 7 nitrogen and oxygen atoms in total. The zero-order chi connectivity index (χ0) is 18.8. The number of aromatic nitrogens is 1. The van der Waals surface area contributed by atoms with Crippen LogP contribution in [0.25, 0.3) is 10.9 Å². The number of amides is 1. The molecule has 0 aliphatic heterocycles. The molecule has 2 aromatic carbocycles. The molecule has 8 heteroatoms. The van der Waals surface area contributed by atoms with Crippen LogP contribution in [0.3, 0.4) is 0 Å². The van der Waals surface area contributed by atoms with E-state index in [4.69, 9.17) is 33.2 Å². The van der Waals surface area contributed by atoms with Crippen molar-refractivity contribution in [3.63, 3.8) is 0 Å². The fraction of sp³-hybridized carbons (Fsp3) is 0.111. The number of hydrogen-bond donors (Lipinski definition) is 4. The Bertz CT molecular complexity index is 998. The number of nitrogens with one attached hydrogen (secondary N) is 2. The first-order valence-corrected chi connectivity index (χ1v) is 8.15. The highest BCUT2D eigenvalue weighted by atomic mass is 35.5. The smallest absolute Gasteiger partial charge is 0.276 e. The highest BCUT2D eigenvalue weighted by Crippen LogP contribution is 2.32. The van der Waals surface area contributed by atoms with Gasteiger partial charge in [-0.15, -0.1) is 0 Å². The summed E-state index contributed by atoms with van der Waals surface area (Å²) in [5.74, 6) is -0.254. The van der Waals surface area contributed by atoms with E-state index >= 15 is 0 Å². The van der Waals surface area contributed by atoms with Gasteiger partial charge in [0.15, 0.2) is 5.96 Å². The normalized spacial score (nSPS) is 10.7. The molecule has 0 spiro atoms. The molecule has 0 saturated heterocycles. The molecule has 0 saturated carbocycles. The van der Waals surface area contributed by atoms with Crippen LogP contribution in [-0.2, 0) is 6.61 Å². The van der Waals surface area contributed by atoms with Crippen LogP contribution >= 0.6 is 11.6 Å². The Morgan fingerprint density at radius 2 is 2.04 bits per heavy atom. The van der Waals surface area contributed by atoms with Gasteiger partial charge < -0.3 is 21.2 Å². The standard InChI is InChI=1S/C18H18ClN5O2/c1-24(18(21)22)17(25)14-8-11-12(19)6-7-15(16(11)23-14)26-9-10-4-2-3-5-13(10)20/h2-8,23H,9,20H2,1H3,(H3,21,22). The summed E-state index contributed by atoms with van der Waals surface area (Å²) in [5, 5.41) is 8.51. The molecule has 0 bridgehead atoms. The van der Waals surface area contributed by atoms with Crippen molar-refractivity contribution >= 4 is 40.1 Å². The highest BCUT2D eigenvalue weighted by molar-refractivity contribution is 6.35. The molecule has 26 heavy (non-hydrogen) atoms. The number of rotatable bonds is 4. The molecule has 3 aromatic rings. The van der Waals surface area contributed by atoms with E-state index in [1.54, 1.807) is 24.3 Å². The maximum absolute atomic E-state index is 12.4. The van der Waals surface area contributed by atoms with Crippen molar-refractivity contribution in [1.82, 2.24) is 9.88 Å². The number of halogens is 1. The fourth-order valence-electron chi connectivity index (χ4n) is 2.51. The van der Waals surface area contributed by atoms with Gasteiger partial charge in [-0.1, -0.05) is 29.8 Å². The number of anilines is 1. The number of benzene rings is 2. The molecule has 134 valence electrons. The molecule has 1 aromatic heterocycles. The van der Waals surface area contributed by atoms with Crippen LogP contribution in [0.1, 0.15) is 16.1 Å². The minimum atomic E-state index is -0.442. The second-order valence-electron chi connectivity index (χ2n) is 5.75. The van der Waals surface area contributed by atoms with E-state index in [1.165, 1.54) is 7.05 Å². The average molecular weight is 372 g/mol. The number of nitrogen functional groups attached to an aromatic ring is 1. The molecular formula is C18H18ClN5O2. The van der Waals surface area contributed by atoms with Crippen LogP contribution in [0.2, 0.25) is 5.02 Å². The van der Waals surface area contributed by atoms with Crippen molar-refractivity contribution in [3.8, 4) is 5.75 Å². The van der Waals surface area contributed by atoms with Gasteiger partial charge in [-0.2, -0.15) is 0 Å². The Morgan fingerprint density at radius 1 is 1.31 bits per heavy atom. The number of carbonyl (C=O) groups is 1. The summed E-state index contributed by atoms with van der Waals surface area (Å²) in [5.41, 5.74) is 13.6. The first kappa shape index (κ1) is 17.6. The highest BCUT2D eigenvalue weighted by Gasteiger charge is 2.19. The Labute approximate surface area is 155 Å². The summed E-state index contributed by atoms with van der Waals surface area (Å²) in [6, 6.07) is 12.5. The maximum Gasteiger partial charge on any atom is 0.276 e. The lowest BCUT2D eigenvalue weighted by atomic mass is 10.2. The number of fused-ring (bicyclic) bond motifs is 1. The van der Waals surface area contributed by atoms with E-state index in [2.05, 4.69) is 4.98 Å². The topological polar surface area (TPSA) is 121 Å². The predicted molar refractivity (Wildman–Crippen MR) is 103 cm³/mol. The third-order valence-electron chi connectivity index (χ3n) is 4.04. The molecule has 6 N–H and O–H groups in total. The van der Waals surface area contributed by atoms with Gasteiger partial charge in [-0.3, -0.25) is 15.1 Å². The zero-order valence-electron chi connectivity index (χ0n) is 14.0. The Balaban J connectivity index is 1.94. The maximum atomic E-state index is 12.4.